The van der Waals surface area contributed by atoms with Crippen LogP contribution in [0.2, 0.25) is 0 Å². The van der Waals surface area contributed by atoms with E-state index in [0.717, 1.165) is 0 Å². The zero-order chi connectivity index (χ0) is 18.7. The molecular weight excluding hydrogens is 342 g/mol. The van der Waals surface area contributed by atoms with Gasteiger partial charge in [-0.2, -0.15) is 0 Å². The lowest BCUT2D eigenvalue weighted by Gasteiger charge is -2.45. The van der Waals surface area contributed by atoms with Crippen LogP contribution in [-0.2, 0) is 19.0 Å². The maximum atomic E-state index is 11.3. The van der Waals surface area contributed by atoms with Crippen LogP contribution >= 0.6 is 0 Å². The van der Waals surface area contributed by atoms with Gasteiger partial charge in [0.15, 0.2) is 6.29 Å². The first kappa shape index (κ1) is 20.4. The van der Waals surface area contributed by atoms with Gasteiger partial charge in [0.1, 0.15) is 42.7 Å². The molecule has 2 aliphatic heterocycles. The Morgan fingerprint density at radius 3 is 2.24 bits per heavy atom. The highest BCUT2D eigenvalue weighted by atomic mass is 16.7. The highest BCUT2D eigenvalue weighted by Gasteiger charge is 2.48. The molecule has 146 valence electrons. The molecule has 0 bridgehead atoms. The second-order valence-electron chi connectivity index (χ2n) is 6.15. The topological polar surface area (TPSA) is 178 Å². The number of aliphatic hydroxyl groups excluding tert-OH is 6. The average molecular weight is 367 g/mol. The van der Waals surface area contributed by atoms with Crippen molar-refractivity contribution in [2.24, 2.45) is 0 Å². The molecule has 0 saturated carbocycles. The monoisotopic (exact) mass is 367 g/mol. The number of rotatable bonds is 5. The number of amides is 1. The SMILES string of the molecule is CC(=O)N[C@H]1CO[C@H](CO)[C@@H](O)[C@@H]1O[C@H]1O[C@H](CO)[C@H](O)[C@H](O)[C@H]1O. The number of nitrogens with one attached hydrogen (secondary N) is 1. The number of aliphatic hydroxyl groups is 6. The summed E-state index contributed by atoms with van der Waals surface area (Å²) in [5.41, 5.74) is 0. The molecule has 9 atom stereocenters. The molecule has 0 aromatic heterocycles. The predicted molar refractivity (Wildman–Crippen MR) is 79.1 cm³/mol. The summed E-state index contributed by atoms with van der Waals surface area (Å²) in [6.45, 7) is 0.0669. The lowest BCUT2D eigenvalue weighted by molar-refractivity contribution is -0.328. The highest BCUT2D eigenvalue weighted by Crippen LogP contribution is 2.27. The van der Waals surface area contributed by atoms with E-state index in [1.807, 2.05) is 0 Å². The Labute approximate surface area is 143 Å². The van der Waals surface area contributed by atoms with Crippen molar-refractivity contribution < 1.29 is 49.6 Å². The highest BCUT2D eigenvalue weighted by molar-refractivity contribution is 5.73. The Balaban J connectivity index is 2.15. The van der Waals surface area contributed by atoms with E-state index >= 15 is 0 Å². The van der Waals surface area contributed by atoms with Crippen LogP contribution in [0.5, 0.6) is 0 Å². The van der Waals surface area contributed by atoms with Crippen LogP contribution in [0.3, 0.4) is 0 Å². The van der Waals surface area contributed by atoms with Crippen LogP contribution in [0.25, 0.3) is 0 Å². The maximum Gasteiger partial charge on any atom is 0.217 e. The van der Waals surface area contributed by atoms with Crippen molar-refractivity contribution in [3.63, 3.8) is 0 Å². The van der Waals surface area contributed by atoms with Gasteiger partial charge in [0.2, 0.25) is 5.91 Å². The number of hydrogen-bond donors (Lipinski definition) is 7. The molecule has 0 aromatic rings. The third-order valence-electron chi connectivity index (χ3n) is 4.31. The molecule has 25 heavy (non-hydrogen) atoms. The Morgan fingerprint density at radius 1 is 1.04 bits per heavy atom. The minimum Gasteiger partial charge on any atom is -0.394 e. The number of carbonyl (C=O) groups excluding carboxylic acids is 1. The van der Waals surface area contributed by atoms with Crippen molar-refractivity contribution in [2.45, 2.75) is 62.0 Å². The number of hydrogen-bond acceptors (Lipinski definition) is 10. The molecule has 7 N–H and O–H groups in total. The number of ether oxygens (including phenoxy) is 3. The molecule has 2 rings (SSSR count). The molecule has 0 aromatic carbocycles. The van der Waals surface area contributed by atoms with Crippen molar-refractivity contribution in [1.29, 1.82) is 0 Å². The van der Waals surface area contributed by atoms with Crippen molar-refractivity contribution in [2.75, 3.05) is 19.8 Å². The summed E-state index contributed by atoms with van der Waals surface area (Å²) in [6, 6.07) is -0.803. The molecule has 1 amide bonds. The second-order valence-corrected chi connectivity index (χ2v) is 6.15. The van der Waals surface area contributed by atoms with Crippen LogP contribution in [0, 0.1) is 0 Å². The standard InChI is InChI=1S/C14H25NO10/c1-5(18)15-6-4-23-7(2-16)10(20)13(6)25-14-12(22)11(21)9(19)8(3-17)24-14/h6-14,16-17,19-22H,2-4H2,1H3,(H,15,18)/t6-,7+,8+,9-,10+,11-,12+,13+,14+/m0/s1. The van der Waals surface area contributed by atoms with Gasteiger partial charge < -0.3 is 50.2 Å². The molecule has 0 spiro atoms. The average Bonchev–Trinajstić information content (AvgIpc) is 2.57. The van der Waals surface area contributed by atoms with E-state index in [9.17, 15) is 35.4 Å². The third kappa shape index (κ3) is 4.45. The van der Waals surface area contributed by atoms with E-state index in [1.165, 1.54) is 6.92 Å². The van der Waals surface area contributed by atoms with Gasteiger partial charge in [-0.05, 0) is 0 Å². The third-order valence-corrected chi connectivity index (χ3v) is 4.31. The van der Waals surface area contributed by atoms with E-state index in [1.54, 1.807) is 0 Å². The van der Waals surface area contributed by atoms with E-state index in [0.29, 0.717) is 0 Å². The van der Waals surface area contributed by atoms with E-state index < -0.39 is 74.2 Å². The summed E-state index contributed by atoms with van der Waals surface area (Å²) in [5, 5.41) is 60.9. The molecule has 0 unspecified atom stereocenters. The van der Waals surface area contributed by atoms with Crippen LogP contribution in [0.1, 0.15) is 6.92 Å². The lowest BCUT2D eigenvalue weighted by atomic mass is 9.96. The first-order valence-electron chi connectivity index (χ1n) is 7.93. The Bertz CT molecular complexity index is 449. The second kappa shape index (κ2) is 8.66. The van der Waals surface area contributed by atoms with E-state index in [-0.39, 0.29) is 6.61 Å². The van der Waals surface area contributed by atoms with Gasteiger partial charge in [0.25, 0.3) is 0 Å². The largest absolute Gasteiger partial charge is 0.394 e. The minimum atomic E-state index is -1.65. The smallest absolute Gasteiger partial charge is 0.217 e. The van der Waals surface area contributed by atoms with Gasteiger partial charge in [-0.25, -0.2) is 0 Å². The summed E-state index contributed by atoms with van der Waals surface area (Å²) in [7, 11) is 0. The Kier molecular flexibility index (Phi) is 7.08. The Hall–Kier alpha value is -0.890. The summed E-state index contributed by atoms with van der Waals surface area (Å²) in [5.74, 6) is -0.411. The van der Waals surface area contributed by atoms with Crippen molar-refractivity contribution in [3.8, 4) is 0 Å². The molecule has 11 heteroatoms. The number of carbonyl (C=O) groups is 1. The van der Waals surface area contributed by atoms with Gasteiger partial charge in [0.05, 0.1) is 25.9 Å². The molecule has 0 radical (unpaired) electrons. The van der Waals surface area contributed by atoms with Crippen LogP contribution in [-0.4, -0.2) is 111 Å². The molecule has 2 saturated heterocycles. The van der Waals surface area contributed by atoms with E-state index in [2.05, 4.69) is 5.32 Å². The van der Waals surface area contributed by atoms with E-state index in [4.69, 9.17) is 14.2 Å². The Morgan fingerprint density at radius 2 is 1.68 bits per heavy atom. The van der Waals surface area contributed by atoms with Gasteiger partial charge in [-0.15, -0.1) is 0 Å². The van der Waals surface area contributed by atoms with Crippen molar-refractivity contribution in [3.05, 3.63) is 0 Å². The zero-order valence-electron chi connectivity index (χ0n) is 13.6. The zero-order valence-corrected chi connectivity index (χ0v) is 13.6. The van der Waals surface area contributed by atoms with Gasteiger partial charge in [-0.3, -0.25) is 4.79 Å². The maximum absolute atomic E-state index is 11.3. The molecular formula is C14H25NO10. The van der Waals surface area contributed by atoms with Crippen molar-refractivity contribution in [1.82, 2.24) is 5.32 Å². The van der Waals surface area contributed by atoms with Gasteiger partial charge >= 0.3 is 0 Å². The van der Waals surface area contributed by atoms with Crippen LogP contribution in [0.4, 0.5) is 0 Å². The first-order chi connectivity index (χ1) is 11.8. The predicted octanol–water partition coefficient (Wildman–Crippen LogP) is -4.57. The quantitative estimate of drug-likeness (QED) is 0.250. The van der Waals surface area contributed by atoms with Crippen molar-refractivity contribution >= 4 is 5.91 Å². The molecule has 2 heterocycles. The fraction of sp³-hybridized carbons (Fsp3) is 0.929. The normalized spacial score (nSPS) is 45.2. The lowest BCUT2D eigenvalue weighted by Crippen LogP contribution is -2.65. The van der Waals surface area contributed by atoms with Crippen LogP contribution in [0.15, 0.2) is 0 Å². The molecule has 0 aliphatic carbocycles. The van der Waals surface area contributed by atoms with Gasteiger partial charge in [-0.1, -0.05) is 0 Å². The molecule has 2 fully saturated rings. The summed E-state index contributed by atoms with van der Waals surface area (Å²) in [6.07, 6.45) is -11.0. The first-order valence-corrected chi connectivity index (χ1v) is 7.93. The van der Waals surface area contributed by atoms with Crippen LogP contribution < -0.4 is 5.32 Å². The summed E-state index contributed by atoms with van der Waals surface area (Å²) in [4.78, 5) is 11.3. The van der Waals surface area contributed by atoms with Gasteiger partial charge in [0, 0.05) is 6.92 Å². The molecule has 2 aliphatic rings. The fourth-order valence-electron chi connectivity index (χ4n) is 2.93. The summed E-state index contributed by atoms with van der Waals surface area (Å²) < 4.78 is 16.0. The minimum absolute atomic E-state index is 0.0655. The summed E-state index contributed by atoms with van der Waals surface area (Å²) >= 11 is 0. The fourth-order valence-corrected chi connectivity index (χ4v) is 2.93. The molecule has 11 nitrogen and oxygen atoms in total.